The van der Waals surface area contributed by atoms with Crippen LogP contribution in [0.1, 0.15) is 31.1 Å². The number of carbonyl (C=O) groups is 2. The van der Waals surface area contributed by atoms with Crippen LogP contribution in [0, 0.1) is 5.92 Å². The van der Waals surface area contributed by atoms with E-state index in [1.807, 2.05) is 13.8 Å². The van der Waals surface area contributed by atoms with Crippen LogP contribution in [0.2, 0.25) is 0 Å². The van der Waals surface area contributed by atoms with Crippen LogP contribution in [0.4, 0.5) is 18.9 Å². The second-order valence-electron chi connectivity index (χ2n) is 5.11. The molecule has 0 radical (unpaired) electrons. The number of amides is 1. The number of carbonyl (C=O) groups excluding carboxylic acids is 2. The molecule has 1 aromatic carbocycles. The quantitative estimate of drug-likeness (QED) is 0.580. The summed E-state index contributed by atoms with van der Waals surface area (Å²) in [5.41, 5.74) is 0.149. The third-order valence-electron chi connectivity index (χ3n) is 2.91. The first kappa shape index (κ1) is 19.5. The van der Waals surface area contributed by atoms with Gasteiger partial charge < -0.3 is 10.1 Å². The molecule has 0 saturated heterocycles. The Hall–Kier alpha value is -1.57. The maximum atomic E-state index is 12.3. The molecule has 0 aliphatic rings. The first-order valence-electron chi connectivity index (χ1n) is 6.91. The average Bonchev–Trinajstić information content (AvgIpc) is 2.46. The van der Waals surface area contributed by atoms with E-state index in [0.717, 1.165) is 0 Å². The summed E-state index contributed by atoms with van der Waals surface area (Å²) in [5, 5.41) is 1.74. The first-order chi connectivity index (χ1) is 10.6. The minimum atomic E-state index is -5.00. The van der Waals surface area contributed by atoms with Crippen LogP contribution in [0.15, 0.2) is 18.2 Å². The molecule has 1 atom stereocenters. The number of benzene rings is 1. The number of alkyl halides is 4. The minimum absolute atomic E-state index is 0.0133. The lowest BCUT2D eigenvalue weighted by Crippen LogP contribution is -2.30. The Morgan fingerprint density at radius 3 is 2.39 bits per heavy atom. The summed E-state index contributed by atoms with van der Waals surface area (Å²) in [7, 11) is 0. The number of hydrogen-bond acceptors (Lipinski definition) is 3. The summed E-state index contributed by atoms with van der Waals surface area (Å²) in [6.45, 7) is 5.54. The smallest absolute Gasteiger partial charge is 0.471 e. The predicted molar refractivity (Wildman–Crippen MR) is 84.2 cm³/mol. The van der Waals surface area contributed by atoms with Gasteiger partial charge in [-0.05, 0) is 31.0 Å². The summed E-state index contributed by atoms with van der Waals surface area (Å²) in [5.74, 6) is -2.25. The van der Waals surface area contributed by atoms with Gasteiger partial charge in [-0.3, -0.25) is 9.59 Å². The highest BCUT2D eigenvalue weighted by atomic mass is 79.9. The molecule has 4 nitrogen and oxygen atoms in total. The van der Waals surface area contributed by atoms with Gasteiger partial charge >= 0.3 is 12.1 Å². The van der Waals surface area contributed by atoms with Crippen LogP contribution in [0.5, 0.6) is 5.75 Å². The highest BCUT2D eigenvalue weighted by Crippen LogP contribution is 2.30. The largest absolute Gasteiger partial charge is 0.492 e. The fraction of sp³-hybridized carbons (Fsp3) is 0.467. The highest BCUT2D eigenvalue weighted by Gasteiger charge is 2.39. The van der Waals surface area contributed by atoms with E-state index in [4.69, 9.17) is 4.74 Å². The van der Waals surface area contributed by atoms with Gasteiger partial charge in [-0.25, -0.2) is 0 Å². The summed E-state index contributed by atoms with van der Waals surface area (Å²) in [6.07, 6.45) is -5.00. The third kappa shape index (κ3) is 5.23. The standard InChI is InChI=1S/C15H17BrF3NO3/c1-4-23-11-7-9(13(21)12(16)8(2)3)5-6-10(11)20-14(22)15(17,18)19/h5-8,12H,4H2,1-3H3,(H,20,22). The highest BCUT2D eigenvalue weighted by molar-refractivity contribution is 9.10. The Morgan fingerprint density at radius 1 is 1.30 bits per heavy atom. The monoisotopic (exact) mass is 395 g/mol. The summed E-state index contributed by atoms with van der Waals surface area (Å²) in [4.78, 5) is 22.9. The maximum Gasteiger partial charge on any atom is 0.471 e. The van der Waals surface area contributed by atoms with Crippen molar-refractivity contribution in [1.29, 1.82) is 0 Å². The molecule has 0 saturated carbocycles. The van der Waals surface area contributed by atoms with Gasteiger partial charge in [0.05, 0.1) is 17.1 Å². The molecule has 1 rings (SSSR count). The van der Waals surface area contributed by atoms with Crippen molar-refractivity contribution in [3.63, 3.8) is 0 Å². The SMILES string of the molecule is CCOc1cc(C(=O)C(Br)C(C)C)ccc1NC(=O)C(F)(F)F. The minimum Gasteiger partial charge on any atom is -0.492 e. The molecule has 0 aromatic heterocycles. The predicted octanol–water partition coefficient (Wildman–Crippen LogP) is 4.19. The van der Waals surface area contributed by atoms with Gasteiger partial charge in [0, 0.05) is 5.56 Å². The lowest BCUT2D eigenvalue weighted by atomic mass is 10.0. The van der Waals surface area contributed by atoms with E-state index in [2.05, 4.69) is 15.9 Å². The number of ether oxygens (including phenoxy) is 1. The number of Topliss-reactive ketones (excluding diaryl/α,β-unsaturated/α-hetero) is 1. The third-order valence-corrected chi connectivity index (χ3v) is 4.38. The van der Waals surface area contributed by atoms with Crippen LogP contribution in [0.25, 0.3) is 0 Å². The number of halogens is 4. The Bertz CT molecular complexity index is 588. The van der Waals surface area contributed by atoms with E-state index < -0.39 is 16.9 Å². The lowest BCUT2D eigenvalue weighted by Gasteiger charge is -2.16. The van der Waals surface area contributed by atoms with Crippen LogP contribution in [-0.4, -0.2) is 29.3 Å². The van der Waals surface area contributed by atoms with Crippen molar-refractivity contribution in [3.05, 3.63) is 23.8 Å². The van der Waals surface area contributed by atoms with Crippen LogP contribution >= 0.6 is 15.9 Å². The number of ketones is 1. The molecule has 1 unspecified atom stereocenters. The molecule has 128 valence electrons. The van der Waals surface area contributed by atoms with E-state index >= 15 is 0 Å². The Labute approximate surface area is 140 Å². The molecule has 0 spiro atoms. The van der Waals surface area contributed by atoms with Crippen molar-refractivity contribution in [1.82, 2.24) is 0 Å². The normalized spacial score (nSPS) is 12.9. The molecule has 0 heterocycles. The first-order valence-corrected chi connectivity index (χ1v) is 7.82. The molecule has 0 bridgehead atoms. The lowest BCUT2D eigenvalue weighted by molar-refractivity contribution is -0.167. The van der Waals surface area contributed by atoms with Crippen molar-refractivity contribution in [2.24, 2.45) is 5.92 Å². The molecule has 1 aromatic rings. The molecule has 8 heteroatoms. The molecule has 0 aliphatic carbocycles. The summed E-state index contributed by atoms with van der Waals surface area (Å²) >= 11 is 3.28. The number of nitrogens with one attached hydrogen (secondary N) is 1. The van der Waals surface area contributed by atoms with Gasteiger partial charge in [0.15, 0.2) is 5.78 Å². The van der Waals surface area contributed by atoms with Crippen LogP contribution < -0.4 is 10.1 Å². The van der Waals surface area contributed by atoms with Crippen molar-refractivity contribution in [3.8, 4) is 5.75 Å². The number of rotatable bonds is 6. The second kappa shape index (κ2) is 7.81. The molecule has 23 heavy (non-hydrogen) atoms. The number of hydrogen-bond donors (Lipinski definition) is 1. The van der Waals surface area contributed by atoms with E-state index in [9.17, 15) is 22.8 Å². The van der Waals surface area contributed by atoms with Crippen molar-refractivity contribution in [2.75, 3.05) is 11.9 Å². The Balaban J connectivity index is 3.12. The van der Waals surface area contributed by atoms with E-state index in [0.29, 0.717) is 0 Å². The van der Waals surface area contributed by atoms with E-state index in [1.54, 1.807) is 12.2 Å². The topological polar surface area (TPSA) is 55.4 Å². The second-order valence-corrected chi connectivity index (χ2v) is 6.09. The fourth-order valence-corrected chi connectivity index (χ4v) is 1.97. The van der Waals surface area contributed by atoms with Gasteiger partial charge in [-0.1, -0.05) is 29.8 Å². The average molecular weight is 396 g/mol. The van der Waals surface area contributed by atoms with Crippen LogP contribution in [-0.2, 0) is 4.79 Å². The Morgan fingerprint density at radius 2 is 1.91 bits per heavy atom. The van der Waals surface area contributed by atoms with Gasteiger partial charge in [0.1, 0.15) is 5.75 Å². The van der Waals surface area contributed by atoms with Crippen LogP contribution in [0.3, 0.4) is 0 Å². The molecule has 0 fully saturated rings. The molecular formula is C15H17BrF3NO3. The molecule has 1 amide bonds. The molecule has 1 N–H and O–H groups in total. The zero-order valence-electron chi connectivity index (χ0n) is 12.8. The Kier molecular flexibility index (Phi) is 6.61. The van der Waals surface area contributed by atoms with E-state index in [-0.39, 0.29) is 35.3 Å². The van der Waals surface area contributed by atoms with Gasteiger partial charge in [0.25, 0.3) is 0 Å². The molecular weight excluding hydrogens is 379 g/mol. The fourth-order valence-electron chi connectivity index (χ4n) is 1.71. The van der Waals surface area contributed by atoms with Gasteiger partial charge in [-0.2, -0.15) is 13.2 Å². The van der Waals surface area contributed by atoms with Crippen molar-refractivity contribution >= 4 is 33.3 Å². The van der Waals surface area contributed by atoms with Gasteiger partial charge in [0.2, 0.25) is 0 Å². The number of anilines is 1. The summed E-state index contributed by atoms with van der Waals surface area (Å²) < 4.78 is 42.3. The van der Waals surface area contributed by atoms with Gasteiger partial charge in [-0.15, -0.1) is 0 Å². The zero-order chi connectivity index (χ0) is 17.8. The summed E-state index contributed by atoms with van der Waals surface area (Å²) in [6, 6.07) is 3.91. The van der Waals surface area contributed by atoms with E-state index in [1.165, 1.54) is 18.2 Å². The molecule has 0 aliphatic heterocycles. The maximum absolute atomic E-state index is 12.3. The van der Waals surface area contributed by atoms with Crippen molar-refractivity contribution in [2.45, 2.75) is 31.8 Å². The zero-order valence-corrected chi connectivity index (χ0v) is 14.4. The van der Waals surface area contributed by atoms with Crippen molar-refractivity contribution < 1.29 is 27.5 Å².